The highest BCUT2D eigenvalue weighted by molar-refractivity contribution is 9.09. The molecule has 0 spiro atoms. The number of ether oxygens (including phenoxy) is 3. The van der Waals surface area contributed by atoms with E-state index in [0.29, 0.717) is 37.7 Å². The summed E-state index contributed by atoms with van der Waals surface area (Å²) < 4.78 is 20.1. The number of aryl methyl sites for hydroxylation is 3. The van der Waals surface area contributed by atoms with Crippen molar-refractivity contribution in [1.29, 1.82) is 0 Å². The van der Waals surface area contributed by atoms with E-state index in [-0.39, 0.29) is 22.7 Å². The van der Waals surface area contributed by atoms with Gasteiger partial charge in [-0.25, -0.2) is 15.0 Å². The van der Waals surface area contributed by atoms with Crippen molar-refractivity contribution in [3.63, 3.8) is 0 Å². The number of aromatic nitrogens is 6. The van der Waals surface area contributed by atoms with Gasteiger partial charge in [-0.3, -0.25) is 14.4 Å². The van der Waals surface area contributed by atoms with Crippen molar-refractivity contribution in [1.82, 2.24) is 33.6 Å². The Labute approximate surface area is 264 Å². The summed E-state index contributed by atoms with van der Waals surface area (Å²) in [6, 6.07) is 0. The molecule has 43 heavy (non-hydrogen) atoms. The number of halogens is 2. The van der Waals surface area contributed by atoms with Crippen LogP contribution in [0.3, 0.4) is 0 Å². The molecule has 0 atom stereocenters. The Kier molecular flexibility index (Phi) is 17.0. The van der Waals surface area contributed by atoms with Gasteiger partial charge in [-0.05, 0) is 24.4 Å². The second-order valence-corrected chi connectivity index (χ2v) is 10.2. The van der Waals surface area contributed by atoms with Crippen molar-refractivity contribution in [2.24, 2.45) is 32.6 Å². The van der Waals surface area contributed by atoms with Crippen LogP contribution in [-0.2, 0) is 43.8 Å². The number of carbonyl (C=O) groups is 3. The normalized spacial score (nSPS) is 11.8. The lowest BCUT2D eigenvalue weighted by atomic mass is 10.4. The molecule has 3 aromatic rings. The van der Waals surface area contributed by atoms with E-state index in [0.717, 1.165) is 36.1 Å². The largest absolute Gasteiger partial charge is 0.480 e. The number of primary amides is 1. The number of alkyl halides is 1. The fourth-order valence-electron chi connectivity index (χ4n) is 3.71. The lowest BCUT2D eigenvalue weighted by Crippen LogP contribution is -2.25. The Morgan fingerprint density at radius 2 is 1.44 bits per heavy atom. The first kappa shape index (κ1) is 37.4. The van der Waals surface area contributed by atoms with Crippen molar-refractivity contribution in [2.45, 2.75) is 38.8 Å². The highest BCUT2D eigenvalue weighted by Crippen LogP contribution is 2.20. The first-order valence-corrected chi connectivity index (χ1v) is 14.6. The van der Waals surface area contributed by atoms with Crippen LogP contribution in [0.2, 0.25) is 0 Å². The fraction of sp³-hybridized carbons (Fsp3) is 0.538. The van der Waals surface area contributed by atoms with Gasteiger partial charge in [0.15, 0.2) is 5.69 Å². The van der Waals surface area contributed by atoms with Gasteiger partial charge in [-0.15, -0.1) is 0 Å². The molecule has 0 radical (unpaired) electrons. The smallest absolute Gasteiger partial charge is 0.271 e. The minimum Gasteiger partial charge on any atom is -0.480 e. The van der Waals surface area contributed by atoms with Crippen LogP contribution in [-0.4, -0.2) is 83.8 Å². The number of hydrogen-bond acceptors (Lipinski definition) is 10. The Hall–Kier alpha value is -3.63. The maximum atomic E-state index is 11.5. The van der Waals surface area contributed by atoms with Gasteiger partial charge in [-0.1, -0.05) is 15.9 Å². The summed E-state index contributed by atoms with van der Waals surface area (Å²) in [6.07, 6.45) is 7.79. The summed E-state index contributed by atoms with van der Waals surface area (Å²) in [5, 5.41) is 0.602. The predicted molar refractivity (Wildman–Crippen MR) is 164 cm³/mol. The first-order valence-electron chi connectivity index (χ1n) is 13.1. The van der Waals surface area contributed by atoms with Gasteiger partial charge in [0.2, 0.25) is 28.8 Å². The second kappa shape index (κ2) is 19.5. The molecule has 240 valence electrons. The zero-order valence-electron chi connectivity index (χ0n) is 25.4. The SMILES string of the molecule is COc1ncn(C)c1C(N)=O.COc1ncn(C)c1CN.COc1ncn(C)c1CN1CCCC1=O.O=C(Cl)CCCBr. The van der Waals surface area contributed by atoms with E-state index in [1.807, 2.05) is 28.1 Å². The van der Waals surface area contributed by atoms with E-state index < -0.39 is 5.91 Å². The van der Waals surface area contributed by atoms with Gasteiger partial charge < -0.3 is 44.3 Å². The van der Waals surface area contributed by atoms with Crippen LogP contribution >= 0.6 is 27.5 Å². The van der Waals surface area contributed by atoms with E-state index in [1.165, 1.54) is 18.0 Å². The average molecular weight is 691 g/mol. The molecule has 0 aliphatic carbocycles. The number of likely N-dealkylation sites (tertiary alicyclic amines) is 1. The molecular formula is C26H41BrClN9O6. The number of rotatable bonds is 10. The van der Waals surface area contributed by atoms with E-state index in [9.17, 15) is 14.4 Å². The lowest BCUT2D eigenvalue weighted by molar-refractivity contribution is -0.128. The topological polar surface area (TPSA) is 188 Å². The molecule has 2 amide bonds. The van der Waals surface area contributed by atoms with Crippen molar-refractivity contribution in [3.05, 3.63) is 36.1 Å². The summed E-state index contributed by atoms with van der Waals surface area (Å²) in [4.78, 5) is 45.9. The minimum absolute atomic E-state index is 0.221. The second-order valence-electron chi connectivity index (χ2n) is 8.97. The van der Waals surface area contributed by atoms with Gasteiger partial charge in [0.1, 0.15) is 5.69 Å². The van der Waals surface area contributed by atoms with Gasteiger partial charge in [0.05, 0.1) is 52.6 Å². The van der Waals surface area contributed by atoms with Crippen molar-refractivity contribution >= 4 is 44.6 Å². The lowest BCUT2D eigenvalue weighted by Gasteiger charge is -2.16. The van der Waals surface area contributed by atoms with Gasteiger partial charge in [-0.2, -0.15) is 0 Å². The van der Waals surface area contributed by atoms with Crippen LogP contribution < -0.4 is 25.7 Å². The summed E-state index contributed by atoms with van der Waals surface area (Å²) in [6.45, 7) is 1.89. The molecule has 0 saturated carbocycles. The van der Waals surface area contributed by atoms with E-state index >= 15 is 0 Å². The van der Waals surface area contributed by atoms with Gasteiger partial charge in [0, 0.05) is 52.4 Å². The fourth-order valence-corrected chi connectivity index (χ4v) is 4.13. The molecule has 3 aromatic heterocycles. The molecule has 4 N–H and O–H groups in total. The summed E-state index contributed by atoms with van der Waals surface area (Å²) in [5.74, 6) is 1.17. The molecule has 0 unspecified atom stereocenters. The number of hydrogen-bond donors (Lipinski definition) is 2. The van der Waals surface area contributed by atoms with Gasteiger partial charge in [0.25, 0.3) is 5.91 Å². The van der Waals surface area contributed by atoms with Crippen LogP contribution in [0.5, 0.6) is 17.6 Å². The Morgan fingerprint density at radius 1 is 0.930 bits per heavy atom. The quantitative estimate of drug-likeness (QED) is 0.235. The van der Waals surface area contributed by atoms with E-state index in [2.05, 4.69) is 30.9 Å². The molecule has 1 fully saturated rings. The number of methoxy groups -OCH3 is 3. The molecule has 1 saturated heterocycles. The monoisotopic (exact) mass is 689 g/mol. The molecule has 0 aromatic carbocycles. The summed E-state index contributed by atoms with van der Waals surface area (Å²) in [5.41, 5.74) is 12.6. The van der Waals surface area contributed by atoms with E-state index in [1.54, 1.807) is 33.9 Å². The molecule has 4 rings (SSSR count). The number of nitrogens with two attached hydrogens (primary N) is 2. The third kappa shape index (κ3) is 11.9. The van der Waals surface area contributed by atoms with Gasteiger partial charge >= 0.3 is 0 Å². The van der Waals surface area contributed by atoms with Crippen LogP contribution in [0.4, 0.5) is 0 Å². The van der Waals surface area contributed by atoms with E-state index in [4.69, 9.17) is 37.3 Å². The molecule has 4 heterocycles. The maximum Gasteiger partial charge on any atom is 0.271 e. The minimum atomic E-state index is -0.540. The molecule has 17 heteroatoms. The zero-order valence-corrected chi connectivity index (χ0v) is 27.7. The predicted octanol–water partition coefficient (Wildman–Crippen LogP) is 1.89. The first-order chi connectivity index (χ1) is 20.4. The number of imidazole rings is 3. The Balaban J connectivity index is 0.000000298. The average Bonchev–Trinajstić information content (AvgIpc) is 3.75. The third-order valence-corrected chi connectivity index (χ3v) is 6.72. The molecular weight excluding hydrogens is 650 g/mol. The van der Waals surface area contributed by atoms with Crippen LogP contribution in [0.1, 0.15) is 47.6 Å². The van der Waals surface area contributed by atoms with Crippen molar-refractivity contribution < 1.29 is 28.6 Å². The molecule has 1 aliphatic rings. The maximum absolute atomic E-state index is 11.5. The summed E-state index contributed by atoms with van der Waals surface area (Å²) in [7, 11) is 10.1. The van der Waals surface area contributed by atoms with Crippen LogP contribution in [0.15, 0.2) is 19.0 Å². The van der Waals surface area contributed by atoms with Crippen molar-refractivity contribution in [3.8, 4) is 17.6 Å². The third-order valence-electron chi connectivity index (χ3n) is 5.97. The molecule has 1 aliphatic heterocycles. The number of nitrogens with zero attached hydrogens (tertiary/aromatic N) is 7. The standard InChI is InChI=1S/C10H15N3O2.C6H9N3O2.C6H11N3O.C4H6BrClO/c1-12-7-11-10(15-2)8(12)6-13-5-3-4-9(13)14;1-9-3-8-6(11-2)4(9)5(7)10;1-9-4-8-6(10-2)5(9)3-7;5-3-1-2-4(6)7/h7H,3-6H2,1-2H3;3H,1-2H3,(H2,7,10);4H,3,7H2,1-2H3;1-3H2. The highest BCUT2D eigenvalue weighted by Gasteiger charge is 2.23. The highest BCUT2D eigenvalue weighted by atomic mass is 79.9. The number of carbonyl (C=O) groups excluding carboxylic acids is 3. The van der Waals surface area contributed by atoms with Crippen molar-refractivity contribution in [2.75, 3.05) is 33.2 Å². The summed E-state index contributed by atoms with van der Waals surface area (Å²) >= 11 is 8.16. The number of amides is 2. The Morgan fingerprint density at radius 3 is 1.81 bits per heavy atom. The Bertz CT molecular complexity index is 1310. The van der Waals surface area contributed by atoms with Crippen LogP contribution in [0, 0.1) is 0 Å². The molecule has 15 nitrogen and oxygen atoms in total. The molecule has 0 bridgehead atoms. The van der Waals surface area contributed by atoms with Crippen LogP contribution in [0.25, 0.3) is 0 Å². The zero-order chi connectivity index (χ0) is 32.5.